The predicted molar refractivity (Wildman–Crippen MR) is 94.7 cm³/mol. The second-order valence-electron chi connectivity index (χ2n) is 6.83. The minimum Gasteiger partial charge on any atom is -0.464 e. The van der Waals surface area contributed by atoms with Crippen molar-refractivity contribution >= 4 is 11.9 Å². The van der Waals surface area contributed by atoms with Crippen LogP contribution in [-0.4, -0.2) is 37.4 Å². The summed E-state index contributed by atoms with van der Waals surface area (Å²) in [6.07, 6.45) is -6.82. The van der Waals surface area contributed by atoms with E-state index in [2.05, 4.69) is 10.3 Å². The first-order chi connectivity index (χ1) is 13.8. The zero-order valence-corrected chi connectivity index (χ0v) is 14.9. The van der Waals surface area contributed by atoms with E-state index in [4.69, 9.17) is 9.47 Å². The lowest BCUT2D eigenvalue weighted by Gasteiger charge is -2.36. The Morgan fingerprint density at radius 1 is 1.10 bits per heavy atom. The Morgan fingerprint density at radius 3 is 2.48 bits per heavy atom. The molecule has 9 heteroatoms. The van der Waals surface area contributed by atoms with Gasteiger partial charge in [-0.1, -0.05) is 36.4 Å². The van der Waals surface area contributed by atoms with Crippen molar-refractivity contribution in [2.75, 3.05) is 13.2 Å². The van der Waals surface area contributed by atoms with Crippen molar-refractivity contribution in [3.63, 3.8) is 0 Å². The third-order valence-electron chi connectivity index (χ3n) is 5.08. The summed E-state index contributed by atoms with van der Waals surface area (Å²) in [4.78, 5) is 16.6. The zero-order valence-electron chi connectivity index (χ0n) is 14.9. The van der Waals surface area contributed by atoms with Crippen LogP contribution in [0.1, 0.15) is 15.9 Å². The van der Waals surface area contributed by atoms with Gasteiger partial charge in [-0.2, -0.15) is 13.2 Å². The number of ether oxygens (including phenoxy) is 2. The van der Waals surface area contributed by atoms with Crippen LogP contribution in [0.15, 0.2) is 59.6 Å². The van der Waals surface area contributed by atoms with E-state index in [1.54, 1.807) is 30.3 Å². The number of amidine groups is 1. The van der Waals surface area contributed by atoms with Gasteiger partial charge in [0.25, 0.3) is 11.9 Å². The number of alkyl halides is 3. The molecule has 1 saturated heterocycles. The molecule has 1 amide bonds. The second kappa shape index (κ2) is 7.14. The number of fused-ring (bicyclic) bond motifs is 1. The lowest BCUT2D eigenvalue weighted by Crippen LogP contribution is -2.50. The molecule has 29 heavy (non-hydrogen) atoms. The molecular weight excluding hydrogens is 392 g/mol. The van der Waals surface area contributed by atoms with Crippen molar-refractivity contribution < 1.29 is 31.8 Å². The molecule has 3 atom stereocenters. The first kappa shape index (κ1) is 19.4. The first-order valence-electron chi connectivity index (χ1n) is 8.83. The largest absolute Gasteiger partial charge is 0.464 e. The van der Waals surface area contributed by atoms with Crippen LogP contribution in [0.25, 0.3) is 0 Å². The van der Waals surface area contributed by atoms with Crippen molar-refractivity contribution in [3.8, 4) is 0 Å². The number of nitrogens with zero attached hydrogens (tertiary/aromatic N) is 1. The third kappa shape index (κ3) is 3.46. The maximum absolute atomic E-state index is 14.6. The molecule has 0 radical (unpaired) electrons. The Hall–Kier alpha value is -2.94. The van der Waals surface area contributed by atoms with Gasteiger partial charge in [-0.25, -0.2) is 9.38 Å². The maximum atomic E-state index is 14.6. The molecule has 2 aromatic carbocycles. The summed E-state index contributed by atoms with van der Waals surface area (Å²) >= 11 is 0. The Bertz CT molecular complexity index is 948. The van der Waals surface area contributed by atoms with E-state index in [1.807, 2.05) is 0 Å². The summed E-state index contributed by atoms with van der Waals surface area (Å²) in [5.41, 5.74) is -1.38. The summed E-state index contributed by atoms with van der Waals surface area (Å²) < 4.78 is 65.2. The van der Waals surface area contributed by atoms with Crippen LogP contribution in [0, 0.1) is 11.7 Å². The van der Waals surface area contributed by atoms with Crippen LogP contribution < -0.4 is 5.32 Å². The minimum atomic E-state index is -4.67. The monoisotopic (exact) mass is 408 g/mol. The summed E-state index contributed by atoms with van der Waals surface area (Å²) in [6, 6.07) is 13.4. The highest BCUT2D eigenvalue weighted by molar-refractivity contribution is 6.04. The van der Waals surface area contributed by atoms with Crippen LogP contribution in [0.4, 0.5) is 17.6 Å². The summed E-state index contributed by atoms with van der Waals surface area (Å²) in [7, 11) is 0. The van der Waals surface area contributed by atoms with Crippen molar-refractivity contribution in [2.45, 2.75) is 17.8 Å². The zero-order chi connectivity index (χ0) is 20.6. The Kier molecular flexibility index (Phi) is 4.77. The van der Waals surface area contributed by atoms with Gasteiger partial charge < -0.3 is 9.47 Å². The van der Waals surface area contributed by atoms with E-state index in [0.717, 1.165) is 6.07 Å². The van der Waals surface area contributed by atoms with E-state index in [-0.39, 0.29) is 11.6 Å². The van der Waals surface area contributed by atoms with E-state index in [0.29, 0.717) is 5.56 Å². The molecule has 0 aliphatic carbocycles. The highest BCUT2D eigenvalue weighted by Gasteiger charge is 2.62. The van der Waals surface area contributed by atoms with Gasteiger partial charge in [0, 0.05) is 11.1 Å². The van der Waals surface area contributed by atoms with Gasteiger partial charge in [-0.15, -0.1) is 0 Å². The van der Waals surface area contributed by atoms with Gasteiger partial charge in [0.15, 0.2) is 6.10 Å². The van der Waals surface area contributed by atoms with Crippen LogP contribution in [0.2, 0.25) is 0 Å². The molecule has 2 aliphatic heterocycles. The standard InChI is InChI=1S/C20H16F4N2O3/c21-15-9-5-4-8-13(15)19-11-29-16(20(22,23)24)14(19)10-28-18(26-19)25-17(27)12-6-2-1-3-7-12/h1-9,14,16H,10-11H2,(H,25,26,27)/t14-,16+,19-/m1/s1. The highest BCUT2D eigenvalue weighted by Crippen LogP contribution is 2.49. The predicted octanol–water partition coefficient (Wildman–Crippen LogP) is 3.41. The van der Waals surface area contributed by atoms with Gasteiger partial charge in [0.05, 0.1) is 19.1 Å². The number of aliphatic imine (C=N–C) groups is 1. The van der Waals surface area contributed by atoms with Gasteiger partial charge in [0.2, 0.25) is 0 Å². The highest BCUT2D eigenvalue weighted by atomic mass is 19.4. The summed E-state index contributed by atoms with van der Waals surface area (Å²) in [5, 5.41) is 2.44. The number of hydrogen-bond acceptors (Lipinski definition) is 4. The topological polar surface area (TPSA) is 59.9 Å². The molecule has 0 unspecified atom stereocenters. The molecule has 2 aliphatic rings. The Labute approximate surface area is 163 Å². The number of hydrogen-bond donors (Lipinski definition) is 1. The van der Waals surface area contributed by atoms with Crippen LogP contribution in [0.5, 0.6) is 0 Å². The quantitative estimate of drug-likeness (QED) is 0.775. The molecule has 4 rings (SSSR count). The van der Waals surface area contributed by atoms with Crippen molar-refractivity contribution in [3.05, 3.63) is 71.5 Å². The fourth-order valence-corrected chi connectivity index (χ4v) is 3.71. The third-order valence-corrected chi connectivity index (χ3v) is 5.08. The van der Waals surface area contributed by atoms with E-state index in [1.165, 1.54) is 18.2 Å². The molecular formula is C20H16F4N2O3. The fourth-order valence-electron chi connectivity index (χ4n) is 3.71. The molecule has 0 saturated carbocycles. The van der Waals surface area contributed by atoms with E-state index >= 15 is 0 Å². The van der Waals surface area contributed by atoms with Gasteiger partial charge >= 0.3 is 6.18 Å². The van der Waals surface area contributed by atoms with E-state index in [9.17, 15) is 22.4 Å². The van der Waals surface area contributed by atoms with Crippen molar-refractivity contribution in [1.82, 2.24) is 5.32 Å². The molecule has 1 fully saturated rings. The number of rotatable bonds is 2. The SMILES string of the molecule is O=C(NC1=N[C@@]2(c3ccccc3F)CO[C@H](C(F)(F)F)[C@H]2CO1)c1ccccc1. The minimum absolute atomic E-state index is 0.0356. The van der Waals surface area contributed by atoms with E-state index < -0.39 is 48.7 Å². The van der Waals surface area contributed by atoms with Crippen LogP contribution >= 0.6 is 0 Å². The molecule has 5 nitrogen and oxygen atoms in total. The van der Waals surface area contributed by atoms with Crippen LogP contribution in [0.3, 0.4) is 0 Å². The average molecular weight is 408 g/mol. The van der Waals surface area contributed by atoms with Crippen molar-refractivity contribution in [2.24, 2.45) is 10.9 Å². The molecule has 2 aromatic rings. The second-order valence-corrected chi connectivity index (χ2v) is 6.83. The van der Waals surface area contributed by atoms with Gasteiger partial charge in [0.1, 0.15) is 11.4 Å². The number of amides is 1. The number of carbonyl (C=O) groups is 1. The molecule has 0 bridgehead atoms. The molecule has 2 heterocycles. The normalized spacial score (nSPS) is 26.3. The van der Waals surface area contributed by atoms with Crippen LogP contribution in [-0.2, 0) is 15.0 Å². The van der Waals surface area contributed by atoms with Crippen molar-refractivity contribution in [1.29, 1.82) is 0 Å². The lowest BCUT2D eigenvalue weighted by atomic mass is 9.77. The Balaban J connectivity index is 1.73. The molecule has 1 N–H and O–H groups in total. The molecule has 0 spiro atoms. The van der Waals surface area contributed by atoms with Gasteiger partial charge in [-0.3, -0.25) is 10.1 Å². The molecule has 152 valence electrons. The average Bonchev–Trinajstić information content (AvgIpc) is 3.09. The smallest absolute Gasteiger partial charge is 0.415 e. The number of nitrogens with one attached hydrogen (secondary N) is 1. The van der Waals surface area contributed by atoms with Gasteiger partial charge in [-0.05, 0) is 18.2 Å². The first-order valence-corrected chi connectivity index (χ1v) is 8.83. The Morgan fingerprint density at radius 2 is 1.79 bits per heavy atom. The number of benzene rings is 2. The summed E-state index contributed by atoms with van der Waals surface area (Å²) in [6.45, 7) is -0.927. The maximum Gasteiger partial charge on any atom is 0.415 e. The summed E-state index contributed by atoms with van der Waals surface area (Å²) in [5.74, 6) is -2.54. The fraction of sp³-hybridized carbons (Fsp3) is 0.300. The number of carbonyl (C=O) groups excluding carboxylic acids is 1. The number of halogens is 4. The molecule has 0 aromatic heterocycles. The lowest BCUT2D eigenvalue weighted by molar-refractivity contribution is -0.219.